The van der Waals surface area contributed by atoms with Gasteiger partial charge in [-0.1, -0.05) is 50.3 Å². The maximum atomic E-state index is 5.68. The molecule has 1 heteroatoms. The molecular weight excluding hydrogens is 172 g/mol. The Morgan fingerprint density at radius 1 is 1.36 bits per heavy atom. The van der Waals surface area contributed by atoms with Crippen molar-refractivity contribution in [3.8, 4) is 0 Å². The normalized spacial score (nSPS) is 12.1. The lowest BCUT2D eigenvalue weighted by Crippen LogP contribution is -2.02. The highest BCUT2D eigenvalue weighted by molar-refractivity contribution is 5.17. The van der Waals surface area contributed by atoms with Gasteiger partial charge in [0.25, 0.3) is 0 Å². The van der Waals surface area contributed by atoms with Crippen LogP contribution in [0.15, 0.2) is 42.7 Å². The Morgan fingerprint density at radius 2 is 2.00 bits per heavy atom. The minimum atomic E-state index is 0.165. The molecule has 1 aromatic carbocycles. The molecule has 0 heterocycles. The van der Waals surface area contributed by atoms with Gasteiger partial charge in [0.05, 0.1) is 5.76 Å². The van der Waals surface area contributed by atoms with E-state index in [9.17, 15) is 0 Å². The van der Waals surface area contributed by atoms with Crippen LogP contribution in [0.25, 0.3) is 0 Å². The molecule has 0 amide bonds. The summed E-state index contributed by atoms with van der Waals surface area (Å²) in [7, 11) is 0. The monoisotopic (exact) mass is 190 g/mol. The number of benzene rings is 1. The Balaban J connectivity index is 2.72. The first kappa shape index (κ1) is 10.8. The van der Waals surface area contributed by atoms with Crippen molar-refractivity contribution in [1.29, 1.82) is 0 Å². The molecule has 1 rings (SSSR count). The Morgan fingerprint density at radius 3 is 2.50 bits per heavy atom. The molecule has 0 aliphatic heterocycles. The van der Waals surface area contributed by atoms with Gasteiger partial charge in [-0.05, 0) is 18.9 Å². The molecule has 1 aromatic rings. The van der Waals surface area contributed by atoms with E-state index in [-0.39, 0.29) is 6.10 Å². The van der Waals surface area contributed by atoms with Gasteiger partial charge in [0.1, 0.15) is 6.10 Å². The lowest BCUT2D eigenvalue weighted by molar-refractivity contribution is 0.110. The number of ether oxygens (including phenoxy) is 1. The second-order valence-corrected chi connectivity index (χ2v) is 3.51. The standard InChI is InChI=1S/C13H18O/c1-4-8-13(14-11(2)3)12-9-6-5-7-10-12/h5-7,9-10,13H,2,4,8H2,1,3H3. The minimum Gasteiger partial charge on any atom is -0.491 e. The zero-order valence-corrected chi connectivity index (χ0v) is 8.99. The first-order valence-electron chi connectivity index (χ1n) is 5.11. The zero-order chi connectivity index (χ0) is 10.4. The van der Waals surface area contributed by atoms with Crippen LogP contribution in [0, 0.1) is 0 Å². The molecule has 0 saturated carbocycles. The summed E-state index contributed by atoms with van der Waals surface area (Å²) in [5.41, 5.74) is 1.23. The Kier molecular flexibility index (Phi) is 4.24. The van der Waals surface area contributed by atoms with Crippen LogP contribution in [-0.2, 0) is 4.74 Å². The zero-order valence-electron chi connectivity index (χ0n) is 8.99. The molecule has 1 atom stereocenters. The molecule has 0 aromatic heterocycles. The van der Waals surface area contributed by atoms with Gasteiger partial charge in [-0.25, -0.2) is 0 Å². The fraction of sp³-hybridized carbons (Fsp3) is 0.385. The van der Waals surface area contributed by atoms with E-state index in [0.717, 1.165) is 18.6 Å². The van der Waals surface area contributed by atoms with Crippen molar-refractivity contribution in [3.05, 3.63) is 48.2 Å². The third kappa shape index (κ3) is 3.25. The minimum absolute atomic E-state index is 0.165. The van der Waals surface area contributed by atoms with Gasteiger partial charge >= 0.3 is 0 Å². The van der Waals surface area contributed by atoms with E-state index < -0.39 is 0 Å². The fourth-order valence-corrected chi connectivity index (χ4v) is 1.47. The Labute approximate surface area is 86.4 Å². The quantitative estimate of drug-likeness (QED) is 0.636. The highest BCUT2D eigenvalue weighted by Gasteiger charge is 2.10. The molecule has 0 aliphatic rings. The topological polar surface area (TPSA) is 9.23 Å². The van der Waals surface area contributed by atoms with Crippen LogP contribution in [0.5, 0.6) is 0 Å². The van der Waals surface area contributed by atoms with Gasteiger partial charge < -0.3 is 4.74 Å². The van der Waals surface area contributed by atoms with Crippen LogP contribution in [0.4, 0.5) is 0 Å². The Bertz CT molecular complexity index is 277. The summed E-state index contributed by atoms with van der Waals surface area (Å²) < 4.78 is 5.68. The summed E-state index contributed by atoms with van der Waals surface area (Å²) in [5.74, 6) is 0.785. The second kappa shape index (κ2) is 5.48. The van der Waals surface area contributed by atoms with Crippen molar-refractivity contribution in [3.63, 3.8) is 0 Å². The SMILES string of the molecule is C=C(C)OC(CCC)c1ccccc1. The van der Waals surface area contributed by atoms with Crippen molar-refractivity contribution in [2.45, 2.75) is 32.8 Å². The molecule has 0 radical (unpaired) electrons. The highest BCUT2D eigenvalue weighted by atomic mass is 16.5. The van der Waals surface area contributed by atoms with Crippen molar-refractivity contribution in [2.24, 2.45) is 0 Å². The number of hydrogen-bond donors (Lipinski definition) is 0. The highest BCUT2D eigenvalue weighted by Crippen LogP contribution is 2.24. The van der Waals surface area contributed by atoms with E-state index in [1.54, 1.807) is 0 Å². The second-order valence-electron chi connectivity index (χ2n) is 3.51. The van der Waals surface area contributed by atoms with Gasteiger partial charge in [-0.3, -0.25) is 0 Å². The van der Waals surface area contributed by atoms with Crippen LogP contribution in [0.2, 0.25) is 0 Å². The first-order chi connectivity index (χ1) is 6.74. The average molecular weight is 190 g/mol. The lowest BCUT2D eigenvalue weighted by Gasteiger charge is -2.18. The number of rotatable bonds is 5. The van der Waals surface area contributed by atoms with Crippen LogP contribution in [0.3, 0.4) is 0 Å². The fourth-order valence-electron chi connectivity index (χ4n) is 1.47. The van der Waals surface area contributed by atoms with E-state index >= 15 is 0 Å². The largest absolute Gasteiger partial charge is 0.491 e. The summed E-state index contributed by atoms with van der Waals surface area (Å²) >= 11 is 0. The van der Waals surface area contributed by atoms with Crippen LogP contribution in [0.1, 0.15) is 38.4 Å². The van der Waals surface area contributed by atoms with Crippen LogP contribution in [-0.4, -0.2) is 0 Å². The van der Waals surface area contributed by atoms with E-state index in [1.807, 2.05) is 25.1 Å². The van der Waals surface area contributed by atoms with Crippen LogP contribution >= 0.6 is 0 Å². The summed E-state index contributed by atoms with van der Waals surface area (Å²) in [6.45, 7) is 7.84. The molecule has 0 spiro atoms. The molecule has 0 aliphatic carbocycles. The predicted octanol–water partition coefficient (Wildman–Crippen LogP) is 4.08. The van der Waals surface area contributed by atoms with Gasteiger partial charge in [0, 0.05) is 0 Å². The molecular formula is C13H18O. The summed E-state index contributed by atoms with van der Waals surface area (Å²) in [4.78, 5) is 0. The van der Waals surface area contributed by atoms with Gasteiger partial charge in [0.2, 0.25) is 0 Å². The number of hydrogen-bond acceptors (Lipinski definition) is 1. The Hall–Kier alpha value is -1.24. The first-order valence-corrected chi connectivity index (χ1v) is 5.11. The number of allylic oxidation sites excluding steroid dienone is 1. The van der Waals surface area contributed by atoms with Crippen molar-refractivity contribution in [1.82, 2.24) is 0 Å². The third-order valence-electron chi connectivity index (χ3n) is 2.07. The van der Waals surface area contributed by atoms with Crippen molar-refractivity contribution < 1.29 is 4.74 Å². The molecule has 1 nitrogen and oxygen atoms in total. The maximum absolute atomic E-state index is 5.68. The molecule has 1 unspecified atom stereocenters. The smallest absolute Gasteiger partial charge is 0.123 e. The molecule has 0 saturated heterocycles. The van der Waals surface area contributed by atoms with Crippen molar-refractivity contribution >= 4 is 0 Å². The molecule has 0 fully saturated rings. The molecule has 76 valence electrons. The maximum Gasteiger partial charge on any atom is 0.123 e. The molecule has 14 heavy (non-hydrogen) atoms. The van der Waals surface area contributed by atoms with Gasteiger partial charge in [-0.15, -0.1) is 0 Å². The van der Waals surface area contributed by atoms with Crippen LogP contribution < -0.4 is 0 Å². The van der Waals surface area contributed by atoms with E-state index in [4.69, 9.17) is 4.74 Å². The van der Waals surface area contributed by atoms with Crippen molar-refractivity contribution in [2.75, 3.05) is 0 Å². The molecule has 0 bridgehead atoms. The van der Waals surface area contributed by atoms with E-state index in [2.05, 4.69) is 25.6 Å². The average Bonchev–Trinajstić information content (AvgIpc) is 2.18. The predicted molar refractivity (Wildman–Crippen MR) is 60.0 cm³/mol. The summed E-state index contributed by atoms with van der Waals surface area (Å²) in [6, 6.07) is 10.3. The van der Waals surface area contributed by atoms with Gasteiger partial charge in [-0.2, -0.15) is 0 Å². The van der Waals surface area contributed by atoms with E-state index in [1.165, 1.54) is 5.56 Å². The lowest BCUT2D eigenvalue weighted by atomic mass is 10.1. The van der Waals surface area contributed by atoms with E-state index in [0.29, 0.717) is 0 Å². The molecule has 0 N–H and O–H groups in total. The summed E-state index contributed by atoms with van der Waals surface area (Å²) in [6.07, 6.45) is 2.32. The summed E-state index contributed by atoms with van der Waals surface area (Å²) in [5, 5.41) is 0. The van der Waals surface area contributed by atoms with Gasteiger partial charge in [0.15, 0.2) is 0 Å². The third-order valence-corrected chi connectivity index (χ3v) is 2.07.